The minimum Gasteiger partial charge on any atom is -0.358 e. The van der Waals surface area contributed by atoms with Crippen molar-refractivity contribution >= 4 is 23.9 Å². The summed E-state index contributed by atoms with van der Waals surface area (Å²) < 4.78 is 42.5. The highest BCUT2D eigenvalue weighted by Crippen LogP contribution is 2.55. The summed E-state index contributed by atoms with van der Waals surface area (Å²) in [5.41, 5.74) is -1.52. The molecule has 0 aromatic carbocycles. The molecule has 11 heteroatoms. The molecule has 4 aliphatic rings. The van der Waals surface area contributed by atoms with Crippen LogP contribution in [0.4, 0.5) is 13.2 Å². The first kappa shape index (κ1) is 25.0. The summed E-state index contributed by atoms with van der Waals surface area (Å²) in [5, 5.41) is 12.1. The average Bonchev–Trinajstić information content (AvgIpc) is 3.17. The Hall–Kier alpha value is -3.11. The molecule has 4 bridgehead atoms. The highest BCUT2D eigenvalue weighted by Gasteiger charge is 2.51. The molecular weight excluding hydrogens is 463 g/mol. The summed E-state index contributed by atoms with van der Waals surface area (Å²) >= 11 is 0. The van der Waals surface area contributed by atoms with Crippen molar-refractivity contribution in [2.24, 2.45) is 17.3 Å². The topological polar surface area (TPSA) is 105 Å². The highest BCUT2D eigenvalue weighted by atomic mass is 19.4. The first-order valence-corrected chi connectivity index (χ1v) is 11.6. The van der Waals surface area contributed by atoms with Crippen molar-refractivity contribution in [3.8, 4) is 0 Å². The van der Waals surface area contributed by atoms with Gasteiger partial charge in [-0.2, -0.15) is 18.3 Å². The van der Waals surface area contributed by atoms with E-state index in [1.165, 1.54) is 20.0 Å². The number of hydrogen-bond acceptors (Lipinski definition) is 4. The van der Waals surface area contributed by atoms with Crippen molar-refractivity contribution < 1.29 is 27.6 Å². The molecule has 0 aliphatic heterocycles. The van der Waals surface area contributed by atoms with Crippen molar-refractivity contribution in [3.05, 3.63) is 34.8 Å². The second-order valence-corrected chi connectivity index (χ2v) is 10.5. The maximum Gasteiger partial charge on any atom is 0.434 e. The molecular formula is C24H30F3N5O3. The van der Waals surface area contributed by atoms with Gasteiger partial charge in [0.15, 0.2) is 5.69 Å². The van der Waals surface area contributed by atoms with Gasteiger partial charge in [-0.1, -0.05) is 6.08 Å². The van der Waals surface area contributed by atoms with E-state index in [0.29, 0.717) is 29.1 Å². The van der Waals surface area contributed by atoms with Gasteiger partial charge in [-0.05, 0) is 57.4 Å². The van der Waals surface area contributed by atoms with E-state index in [-0.39, 0.29) is 23.3 Å². The molecule has 0 spiro atoms. The monoisotopic (exact) mass is 493 g/mol. The van der Waals surface area contributed by atoms with Gasteiger partial charge >= 0.3 is 6.18 Å². The molecule has 2 unspecified atom stereocenters. The molecule has 1 heterocycles. The van der Waals surface area contributed by atoms with Crippen LogP contribution in [0.3, 0.4) is 0 Å². The summed E-state index contributed by atoms with van der Waals surface area (Å²) in [5.74, 6) is -0.967. The number of carbonyl (C=O) groups is 3. The van der Waals surface area contributed by atoms with Crippen LogP contribution >= 0.6 is 0 Å². The van der Waals surface area contributed by atoms with Gasteiger partial charge in [0, 0.05) is 37.3 Å². The zero-order valence-electron chi connectivity index (χ0n) is 20.2. The van der Waals surface area contributed by atoms with Crippen LogP contribution in [-0.2, 0) is 15.8 Å². The number of alkyl halides is 3. The van der Waals surface area contributed by atoms with Crippen molar-refractivity contribution in [2.75, 3.05) is 7.05 Å². The summed E-state index contributed by atoms with van der Waals surface area (Å²) in [6, 6.07) is 0. The molecule has 1 aromatic rings. The lowest BCUT2D eigenvalue weighted by atomic mass is 9.56. The third-order valence-corrected chi connectivity index (χ3v) is 7.25. The number of nitrogens with zero attached hydrogens (tertiary/aromatic N) is 2. The number of amides is 3. The minimum atomic E-state index is -4.85. The molecule has 2 fully saturated rings. The van der Waals surface area contributed by atoms with Crippen LogP contribution in [0.5, 0.6) is 0 Å². The lowest BCUT2D eigenvalue weighted by Crippen LogP contribution is -2.58. The molecule has 3 amide bonds. The first-order valence-electron chi connectivity index (χ1n) is 11.6. The van der Waals surface area contributed by atoms with Crippen molar-refractivity contribution in [1.82, 2.24) is 25.7 Å². The Labute approximate surface area is 201 Å². The van der Waals surface area contributed by atoms with Gasteiger partial charge in [0.05, 0.1) is 17.2 Å². The van der Waals surface area contributed by atoms with Crippen molar-refractivity contribution in [1.29, 1.82) is 0 Å². The van der Waals surface area contributed by atoms with Crippen LogP contribution < -0.4 is 16.0 Å². The number of hydrogen-bond donors (Lipinski definition) is 3. The standard InChI is InChI=1S/C24H30F3N5O3/c1-13(33)31-23-9-14-7-15(10-23)18(16(8-14)11-23)30-20(34)17-12-29-32(19(17)24(25,26)27)6-5-22(2,3)21(35)28-4/h5-6,12,14-15H,7-11H2,1-4H3,(H,28,35)(H,30,34)(H,31,33)/b6-5+/t14?,15?,23-/m1/s1. The predicted octanol–water partition coefficient (Wildman–Crippen LogP) is 3.23. The second kappa shape index (κ2) is 8.53. The molecule has 5 rings (SSSR count). The van der Waals surface area contributed by atoms with E-state index < -0.39 is 28.8 Å². The normalized spacial score (nSPS) is 25.8. The van der Waals surface area contributed by atoms with Gasteiger partial charge in [0.2, 0.25) is 11.8 Å². The molecule has 4 aliphatic carbocycles. The predicted molar refractivity (Wildman–Crippen MR) is 122 cm³/mol. The van der Waals surface area contributed by atoms with Gasteiger partial charge < -0.3 is 16.0 Å². The Morgan fingerprint density at radius 2 is 1.94 bits per heavy atom. The van der Waals surface area contributed by atoms with E-state index in [2.05, 4.69) is 21.0 Å². The van der Waals surface area contributed by atoms with E-state index in [1.807, 2.05) is 0 Å². The largest absolute Gasteiger partial charge is 0.434 e. The van der Waals surface area contributed by atoms with E-state index in [9.17, 15) is 27.6 Å². The average molecular weight is 494 g/mol. The van der Waals surface area contributed by atoms with Crippen LogP contribution in [0.25, 0.3) is 6.20 Å². The smallest absolute Gasteiger partial charge is 0.358 e. The second-order valence-electron chi connectivity index (χ2n) is 10.5. The molecule has 3 N–H and O–H groups in total. The summed E-state index contributed by atoms with van der Waals surface area (Å²) in [6.07, 6.45) is 2.16. The summed E-state index contributed by atoms with van der Waals surface area (Å²) in [7, 11) is 1.44. The van der Waals surface area contributed by atoms with Crippen molar-refractivity contribution in [2.45, 2.75) is 64.6 Å². The molecule has 2 saturated carbocycles. The zero-order valence-corrected chi connectivity index (χ0v) is 20.2. The van der Waals surface area contributed by atoms with Crippen LogP contribution in [0.15, 0.2) is 23.5 Å². The number of halogens is 3. The third-order valence-electron chi connectivity index (χ3n) is 7.25. The minimum absolute atomic E-state index is 0.0142. The fourth-order valence-electron chi connectivity index (χ4n) is 6.00. The Morgan fingerprint density at radius 3 is 2.54 bits per heavy atom. The fourth-order valence-corrected chi connectivity index (χ4v) is 6.00. The van der Waals surface area contributed by atoms with Crippen molar-refractivity contribution in [3.63, 3.8) is 0 Å². The summed E-state index contributed by atoms with van der Waals surface area (Å²) in [6.45, 7) is 4.59. The molecule has 190 valence electrons. The lowest BCUT2D eigenvalue weighted by molar-refractivity contribution is -0.142. The van der Waals surface area contributed by atoms with E-state index in [4.69, 9.17) is 0 Å². The zero-order chi connectivity index (χ0) is 25.8. The van der Waals surface area contributed by atoms with Gasteiger partial charge in [0.1, 0.15) is 0 Å². The quantitative estimate of drug-likeness (QED) is 0.566. The Kier molecular flexibility index (Phi) is 6.09. The molecule has 3 atom stereocenters. The van der Waals surface area contributed by atoms with Crippen LogP contribution in [0, 0.1) is 17.3 Å². The van der Waals surface area contributed by atoms with Gasteiger partial charge in [-0.3, -0.25) is 14.4 Å². The lowest BCUT2D eigenvalue weighted by Gasteiger charge is -2.54. The Balaban J connectivity index is 1.61. The molecule has 0 radical (unpaired) electrons. The van der Waals surface area contributed by atoms with Gasteiger partial charge in [-0.25, -0.2) is 4.68 Å². The van der Waals surface area contributed by atoms with Gasteiger partial charge in [-0.15, -0.1) is 0 Å². The highest BCUT2D eigenvalue weighted by molar-refractivity contribution is 5.96. The molecule has 35 heavy (non-hydrogen) atoms. The van der Waals surface area contributed by atoms with Crippen LogP contribution in [-0.4, -0.2) is 40.1 Å². The fraction of sp³-hybridized carbons (Fsp3) is 0.583. The van der Waals surface area contributed by atoms with E-state index in [1.54, 1.807) is 13.8 Å². The third kappa shape index (κ3) is 4.72. The van der Waals surface area contributed by atoms with E-state index >= 15 is 0 Å². The SMILES string of the molecule is CNC(=O)C(C)(C)/C=C/n1ncc(C(=O)NC2=C3CC4CC2C[C@@](NC(C)=O)(C3)C4)c1C(F)(F)F. The maximum atomic E-state index is 14.0. The Morgan fingerprint density at radius 1 is 1.23 bits per heavy atom. The number of allylic oxidation sites excluding steroid dienone is 1. The number of nitrogens with one attached hydrogen (secondary N) is 3. The van der Waals surface area contributed by atoms with Gasteiger partial charge in [0.25, 0.3) is 5.91 Å². The maximum absolute atomic E-state index is 14.0. The molecule has 1 aromatic heterocycles. The summed E-state index contributed by atoms with van der Waals surface area (Å²) in [4.78, 5) is 36.8. The van der Waals surface area contributed by atoms with Crippen LogP contribution in [0.2, 0.25) is 0 Å². The Bertz CT molecular complexity index is 1130. The first-order chi connectivity index (χ1) is 16.2. The van der Waals surface area contributed by atoms with Crippen LogP contribution in [0.1, 0.15) is 68.9 Å². The van der Waals surface area contributed by atoms with E-state index in [0.717, 1.165) is 37.2 Å². The molecule has 0 saturated heterocycles. The molecule has 8 nitrogen and oxygen atoms in total. The number of rotatable bonds is 6. The number of carbonyl (C=O) groups excluding carboxylic acids is 3. The number of aromatic nitrogens is 2.